The molecule has 0 saturated carbocycles. The van der Waals surface area contributed by atoms with Crippen LogP contribution >= 0.6 is 0 Å². The summed E-state index contributed by atoms with van der Waals surface area (Å²) in [6, 6.07) is 66.4. The van der Waals surface area contributed by atoms with Gasteiger partial charge in [-0.25, -0.2) is 4.98 Å². The molecule has 81 heavy (non-hydrogen) atoms. The first kappa shape index (κ1) is 38.3. The molecule has 1 aliphatic heterocycles. The zero-order valence-corrected chi connectivity index (χ0v) is 44.7. The van der Waals surface area contributed by atoms with E-state index in [9.17, 15) is 5.48 Å². The summed E-state index contributed by atoms with van der Waals surface area (Å²) in [7, 11) is 0. The monoisotopic (exact) mass is 1230 g/mol. The number of benzene rings is 11. The van der Waals surface area contributed by atoms with Crippen LogP contribution in [0.2, 0.25) is 0 Å². The van der Waals surface area contributed by atoms with Crippen LogP contribution in [-0.4, -0.2) is 18.7 Å². The number of rotatable bonds is 9. The molecule has 0 unspecified atom stereocenters. The number of ether oxygens (including phenoxy) is 2. The van der Waals surface area contributed by atoms with Crippen molar-refractivity contribution in [3.05, 3.63) is 285 Å². The predicted octanol–water partition coefficient (Wildman–Crippen LogP) is 17.6. The number of hydrogen-bond acceptors (Lipinski definition) is 4. The summed E-state index contributed by atoms with van der Waals surface area (Å²) in [5, 5.41) is 3.96. The van der Waals surface area contributed by atoms with Gasteiger partial charge in [-0.1, -0.05) is 193 Å². The molecule has 9 heteroatoms. The Morgan fingerprint density at radius 1 is 0.494 bits per heavy atom. The van der Waals surface area contributed by atoms with E-state index in [1.165, 1.54) is 0 Å². The molecule has 0 saturated heterocycles. The normalized spacial score (nSPS) is 13.7. The van der Waals surface area contributed by atoms with Crippen molar-refractivity contribution in [1.29, 1.82) is 0 Å². The van der Waals surface area contributed by atoms with Crippen LogP contribution < -0.4 is 18.9 Å². The van der Waals surface area contributed by atoms with Gasteiger partial charge in [-0.15, -0.1) is 24.3 Å². The molecule has 16 rings (SSSR count). The van der Waals surface area contributed by atoms with Crippen LogP contribution in [0.15, 0.2) is 267 Å². The maximum absolute atomic E-state index is 9.18. The van der Waals surface area contributed by atoms with Crippen molar-refractivity contribution in [3.8, 4) is 68.1 Å². The van der Waals surface area contributed by atoms with Gasteiger partial charge < -0.3 is 28.1 Å². The van der Waals surface area contributed by atoms with E-state index < -0.39 is 60.4 Å². The third-order valence-electron chi connectivity index (χ3n) is 14.7. The van der Waals surface area contributed by atoms with Crippen LogP contribution in [-0.2, 0) is 21.1 Å². The van der Waals surface area contributed by atoms with Crippen molar-refractivity contribution in [2.75, 3.05) is 4.90 Å². The van der Waals surface area contributed by atoms with Gasteiger partial charge in [0.05, 0.1) is 47.5 Å². The number of anilines is 3. The van der Waals surface area contributed by atoms with E-state index >= 15 is 0 Å². The molecule has 0 N–H and O–H groups in total. The number of hydrogen-bond donors (Lipinski definition) is 0. The molecular weight excluding hydrogens is 1180 g/mol. The molecule has 386 valence electrons. The van der Waals surface area contributed by atoms with Crippen molar-refractivity contribution < 1.29 is 48.8 Å². The zero-order valence-electron chi connectivity index (χ0n) is 52.4. The van der Waals surface area contributed by atoms with Crippen molar-refractivity contribution in [1.82, 2.24) is 18.7 Å². The maximum Gasteiger partial charge on any atom is 0.268 e. The minimum absolute atomic E-state index is 0. The number of nitrogens with zero attached hydrogens (tertiary/aromatic N) is 6. The van der Waals surface area contributed by atoms with Gasteiger partial charge in [-0.05, 0) is 87.5 Å². The van der Waals surface area contributed by atoms with Crippen LogP contribution in [0.4, 0.5) is 17.1 Å². The van der Waals surface area contributed by atoms with Crippen LogP contribution in [0.25, 0.3) is 99.8 Å². The van der Waals surface area contributed by atoms with Crippen LogP contribution in [0.5, 0.6) is 23.0 Å². The second-order valence-electron chi connectivity index (χ2n) is 19.2. The largest absolute Gasteiger partial charge is 0.508 e. The van der Waals surface area contributed by atoms with E-state index in [4.69, 9.17) is 22.7 Å². The van der Waals surface area contributed by atoms with Gasteiger partial charge in [0.2, 0.25) is 0 Å². The van der Waals surface area contributed by atoms with E-state index in [2.05, 4.69) is 81.0 Å². The minimum Gasteiger partial charge on any atom is -0.508 e. The summed E-state index contributed by atoms with van der Waals surface area (Å²) in [6.07, 6.45) is 5.29. The molecule has 0 aliphatic carbocycles. The summed E-state index contributed by atoms with van der Waals surface area (Å²) in [5.41, 5.74) is 8.41. The van der Waals surface area contributed by atoms with Crippen LogP contribution in [0.3, 0.4) is 0 Å². The number of fused-ring (bicyclic) bond motifs is 9. The Morgan fingerprint density at radius 3 is 1.70 bits per heavy atom. The average Bonchev–Trinajstić information content (AvgIpc) is 1.65. The number of imidazole rings is 1. The van der Waals surface area contributed by atoms with Gasteiger partial charge >= 0.3 is 0 Å². The summed E-state index contributed by atoms with van der Waals surface area (Å²) in [6.45, 7) is 0. The molecule has 1 aliphatic rings. The summed E-state index contributed by atoms with van der Waals surface area (Å²) >= 11 is 0. The Morgan fingerprint density at radius 2 is 1.05 bits per heavy atom. The molecule has 0 spiro atoms. The molecule has 11 aromatic carbocycles. The Bertz CT molecular complexity index is 5330. The second kappa shape index (κ2) is 19.6. The fraction of sp³-hybridized carbons (Fsp3) is 0. The molecule has 8 nitrogen and oxygen atoms in total. The predicted molar refractivity (Wildman–Crippen MR) is 320 cm³/mol. The van der Waals surface area contributed by atoms with E-state index in [1.807, 2.05) is 134 Å². The molecule has 0 fully saturated rings. The van der Waals surface area contributed by atoms with Crippen LogP contribution in [0, 0.1) is 18.5 Å². The molecule has 0 amide bonds. The van der Waals surface area contributed by atoms with Crippen molar-refractivity contribution in [2.24, 2.45) is 0 Å². The van der Waals surface area contributed by atoms with E-state index in [1.54, 1.807) is 33.4 Å². The van der Waals surface area contributed by atoms with Gasteiger partial charge in [-0.2, -0.15) is 12.1 Å². The number of aromatic nitrogens is 5. The first-order valence-electron chi connectivity index (χ1n) is 30.9. The SMILES string of the molecule is [2H]c1c([2H])c([2H])c(-c2cccc(-c3c([2H])c([2H])c([2H])c([2H])c3[2H])c2-[n+]2[c-]n(-c3[c-]c(Oc4[c-]c5c(cc4-n4c6ccccc6c6ccccc64)c4ccccc4n5-c4cc(N5c6ccccc6Oc6ccccc65)ccn4)ccc3)c3ccccc32)c([2H])c1[2H].[Pt]. The standard InChI is InChI=1S/C72H44N6O2.Pt/c1-3-21-48(22-4-1)53-30-20-31-54(49-23-5-2-6-24-49)72(53)75-47-74(62-35-13-14-36-63(62)75)50-25-19-26-52(43-50)79-70-46-66-58(45-67(70)77-59-32-10-7-27-55(59)56-28-8-11-33-60(56)77)57-29-9-12-34-61(57)78(66)71-44-51(41-42-73-71)76-64-37-15-17-39-68(64)80-69-40-18-16-38-65(69)76;/h1-42,44-45H;/q-2;/i1D,2D,3D,4D,5D,6D,21D,22D,23D,24D;. The Balaban J connectivity index is 0.00000689. The van der Waals surface area contributed by atoms with Gasteiger partial charge in [0.15, 0.2) is 11.5 Å². The molecule has 0 radical (unpaired) electrons. The van der Waals surface area contributed by atoms with Gasteiger partial charge in [-0.3, -0.25) is 4.57 Å². The van der Waals surface area contributed by atoms with Crippen molar-refractivity contribution in [2.45, 2.75) is 0 Å². The first-order valence-corrected chi connectivity index (χ1v) is 25.9. The molecule has 0 atom stereocenters. The fourth-order valence-electron chi connectivity index (χ4n) is 11.3. The molecular formula is C72H44N6O2Pt-2. The Kier molecular flexibility index (Phi) is 9.26. The minimum atomic E-state index is -0.586. The third kappa shape index (κ3) is 7.86. The zero-order chi connectivity index (χ0) is 61.4. The van der Waals surface area contributed by atoms with E-state index in [0.717, 1.165) is 66.7 Å². The Hall–Kier alpha value is -10.3. The second-order valence-corrected chi connectivity index (χ2v) is 19.2. The third-order valence-corrected chi connectivity index (χ3v) is 14.7. The number of pyridine rings is 1. The van der Waals surface area contributed by atoms with Crippen molar-refractivity contribution in [3.63, 3.8) is 0 Å². The van der Waals surface area contributed by atoms with Gasteiger partial charge in [0.25, 0.3) is 6.33 Å². The first-order chi connectivity index (χ1) is 43.8. The van der Waals surface area contributed by atoms with E-state index in [-0.39, 0.29) is 49.0 Å². The van der Waals surface area contributed by atoms with E-state index in [0.29, 0.717) is 45.2 Å². The fourth-order valence-corrected chi connectivity index (χ4v) is 11.3. The smallest absolute Gasteiger partial charge is 0.268 e. The maximum atomic E-state index is 9.18. The molecule has 4 aromatic heterocycles. The summed E-state index contributed by atoms with van der Waals surface area (Å²) in [4.78, 5) is 7.25. The van der Waals surface area contributed by atoms with Gasteiger partial charge in [0, 0.05) is 72.2 Å². The Labute approximate surface area is 495 Å². The summed E-state index contributed by atoms with van der Waals surface area (Å²) in [5.74, 6) is 2.74. The van der Waals surface area contributed by atoms with Crippen LogP contribution in [0.1, 0.15) is 13.7 Å². The molecule has 15 aromatic rings. The molecule has 5 heterocycles. The number of para-hydroxylation sites is 10. The quantitative estimate of drug-likeness (QED) is 0.107. The van der Waals surface area contributed by atoms with Gasteiger partial charge in [0.1, 0.15) is 5.82 Å². The average molecular weight is 1230 g/mol. The molecule has 0 bridgehead atoms. The van der Waals surface area contributed by atoms with Crippen molar-refractivity contribution >= 4 is 71.7 Å². The topological polar surface area (TPSA) is 53.3 Å². The summed E-state index contributed by atoms with van der Waals surface area (Å²) < 4.78 is 110.